The van der Waals surface area contributed by atoms with E-state index in [0.29, 0.717) is 46.8 Å². The summed E-state index contributed by atoms with van der Waals surface area (Å²) in [5.74, 6) is -0.506. The van der Waals surface area contributed by atoms with Crippen molar-refractivity contribution in [1.82, 2.24) is 0 Å². The number of nitrogens with zero attached hydrogens (tertiary/aromatic N) is 1. The van der Waals surface area contributed by atoms with Gasteiger partial charge in [-0.05, 0) is 36.3 Å². The molecule has 0 radical (unpaired) electrons. The molecule has 3 aromatic carbocycles. The molecule has 7 nitrogen and oxygen atoms in total. The van der Waals surface area contributed by atoms with Gasteiger partial charge in [0.05, 0.1) is 24.1 Å². The number of nitrogens with one attached hydrogen (secondary N) is 1. The van der Waals surface area contributed by atoms with Crippen molar-refractivity contribution in [3.05, 3.63) is 90.0 Å². The molecule has 1 fully saturated rings. The smallest absolute Gasteiger partial charge is 0.339 e. The van der Waals surface area contributed by atoms with Gasteiger partial charge in [0, 0.05) is 18.5 Å². The van der Waals surface area contributed by atoms with E-state index in [1.54, 1.807) is 54.5 Å². The number of amides is 2. The number of rotatable bonds is 8. The van der Waals surface area contributed by atoms with Gasteiger partial charge in [-0.3, -0.25) is 9.59 Å². The largest absolute Gasteiger partial charge is 0.496 e. The topological polar surface area (TPSA) is 84.9 Å². The van der Waals surface area contributed by atoms with Crippen molar-refractivity contribution in [1.29, 1.82) is 0 Å². The molecule has 0 saturated carbocycles. The van der Waals surface area contributed by atoms with Crippen molar-refractivity contribution in [2.45, 2.75) is 12.8 Å². The van der Waals surface area contributed by atoms with E-state index >= 15 is 0 Å². The number of hydrogen-bond acceptors (Lipinski definition) is 5. The van der Waals surface area contributed by atoms with Gasteiger partial charge in [0.2, 0.25) is 5.91 Å². The van der Waals surface area contributed by atoms with Crippen LogP contribution in [-0.2, 0) is 19.1 Å². The first kappa shape index (κ1) is 23.8. The Labute approximate surface area is 204 Å². The van der Waals surface area contributed by atoms with E-state index < -0.39 is 18.5 Å². The summed E-state index contributed by atoms with van der Waals surface area (Å²) in [4.78, 5) is 39.5. The molecule has 0 bridgehead atoms. The fourth-order valence-electron chi connectivity index (χ4n) is 3.93. The number of esters is 1. The lowest BCUT2D eigenvalue weighted by atomic mass is 10.0. The lowest BCUT2D eigenvalue weighted by Gasteiger charge is -2.20. The SMILES string of the molecule is COc1ccccc1C=C(C(=O)OCC(=O)Nc1ccccc1N1CCCC1=O)c1ccccc1. The number of methoxy groups -OCH3 is 1. The zero-order valence-corrected chi connectivity index (χ0v) is 19.4. The Hall–Kier alpha value is -4.39. The van der Waals surface area contributed by atoms with Gasteiger partial charge in [0.25, 0.3) is 5.91 Å². The summed E-state index contributed by atoms with van der Waals surface area (Å²) >= 11 is 0. The Morgan fingerprint density at radius 3 is 2.43 bits per heavy atom. The summed E-state index contributed by atoms with van der Waals surface area (Å²) in [5.41, 5.74) is 2.79. The lowest BCUT2D eigenvalue weighted by Crippen LogP contribution is -2.27. The number of benzene rings is 3. The van der Waals surface area contributed by atoms with Gasteiger partial charge in [0.15, 0.2) is 6.61 Å². The Kier molecular flexibility index (Phi) is 7.57. The van der Waals surface area contributed by atoms with E-state index in [1.807, 2.05) is 42.5 Å². The van der Waals surface area contributed by atoms with Crippen molar-refractivity contribution in [2.24, 2.45) is 0 Å². The fraction of sp³-hybridized carbons (Fsp3) is 0.179. The maximum Gasteiger partial charge on any atom is 0.339 e. The molecule has 0 spiro atoms. The van der Waals surface area contributed by atoms with Crippen molar-refractivity contribution in [3.8, 4) is 5.75 Å². The Morgan fingerprint density at radius 2 is 1.69 bits per heavy atom. The van der Waals surface area contributed by atoms with Gasteiger partial charge in [-0.25, -0.2) is 4.79 Å². The molecule has 1 N–H and O–H groups in total. The molecule has 1 saturated heterocycles. The minimum atomic E-state index is -0.639. The summed E-state index contributed by atoms with van der Waals surface area (Å²) < 4.78 is 10.8. The van der Waals surface area contributed by atoms with Crippen LogP contribution < -0.4 is 15.0 Å². The number of carbonyl (C=O) groups excluding carboxylic acids is 3. The number of anilines is 2. The average molecular weight is 471 g/mol. The minimum absolute atomic E-state index is 0.0205. The molecule has 3 aromatic rings. The molecular weight excluding hydrogens is 444 g/mol. The first-order chi connectivity index (χ1) is 17.1. The summed E-state index contributed by atoms with van der Waals surface area (Å²) in [6.45, 7) is 0.131. The van der Waals surface area contributed by atoms with Crippen molar-refractivity contribution >= 4 is 40.8 Å². The van der Waals surface area contributed by atoms with Gasteiger partial charge < -0.3 is 19.7 Å². The highest BCUT2D eigenvalue weighted by atomic mass is 16.5. The molecule has 7 heteroatoms. The molecule has 0 atom stereocenters. The summed E-state index contributed by atoms with van der Waals surface area (Å²) in [7, 11) is 1.56. The van der Waals surface area contributed by atoms with Crippen molar-refractivity contribution in [2.75, 3.05) is 30.5 Å². The lowest BCUT2D eigenvalue weighted by molar-refractivity contribution is -0.141. The van der Waals surface area contributed by atoms with E-state index in [1.165, 1.54) is 0 Å². The minimum Gasteiger partial charge on any atom is -0.496 e. The molecule has 1 aliphatic rings. The monoisotopic (exact) mass is 470 g/mol. The second kappa shape index (κ2) is 11.2. The second-order valence-corrected chi connectivity index (χ2v) is 7.96. The van der Waals surface area contributed by atoms with Crippen LogP contribution in [0.2, 0.25) is 0 Å². The normalized spacial score (nSPS) is 13.5. The second-order valence-electron chi connectivity index (χ2n) is 7.96. The fourth-order valence-corrected chi connectivity index (χ4v) is 3.93. The van der Waals surface area contributed by atoms with Gasteiger partial charge in [-0.1, -0.05) is 60.7 Å². The van der Waals surface area contributed by atoms with Crippen LogP contribution in [0.15, 0.2) is 78.9 Å². The first-order valence-corrected chi connectivity index (χ1v) is 11.3. The summed E-state index contributed by atoms with van der Waals surface area (Å²) in [6, 6.07) is 23.5. The summed E-state index contributed by atoms with van der Waals surface area (Å²) in [5, 5.41) is 2.76. The van der Waals surface area contributed by atoms with Gasteiger partial charge >= 0.3 is 5.97 Å². The van der Waals surface area contributed by atoms with Gasteiger partial charge in [-0.2, -0.15) is 0 Å². The molecule has 178 valence electrons. The molecular formula is C28H26N2O5. The quantitative estimate of drug-likeness (QED) is 0.297. The van der Waals surface area contributed by atoms with Crippen LogP contribution in [-0.4, -0.2) is 38.0 Å². The van der Waals surface area contributed by atoms with E-state index in [9.17, 15) is 14.4 Å². The molecule has 1 heterocycles. The molecule has 2 amide bonds. The Morgan fingerprint density at radius 1 is 0.971 bits per heavy atom. The highest BCUT2D eigenvalue weighted by Crippen LogP contribution is 2.29. The van der Waals surface area contributed by atoms with E-state index in [0.717, 1.165) is 6.42 Å². The number of hydrogen-bond donors (Lipinski definition) is 1. The zero-order chi connectivity index (χ0) is 24.6. The third-order valence-electron chi connectivity index (χ3n) is 5.62. The maximum atomic E-state index is 13.1. The summed E-state index contributed by atoms with van der Waals surface area (Å²) in [6.07, 6.45) is 2.95. The van der Waals surface area contributed by atoms with Crippen molar-refractivity contribution in [3.63, 3.8) is 0 Å². The predicted octanol–water partition coefficient (Wildman–Crippen LogP) is 4.54. The molecule has 0 aliphatic carbocycles. The van der Waals surface area contributed by atoms with E-state index in [-0.39, 0.29) is 5.91 Å². The Balaban J connectivity index is 1.49. The van der Waals surface area contributed by atoms with E-state index in [2.05, 4.69) is 5.32 Å². The zero-order valence-electron chi connectivity index (χ0n) is 19.4. The van der Waals surface area contributed by atoms with Crippen LogP contribution in [0.5, 0.6) is 5.75 Å². The third-order valence-corrected chi connectivity index (χ3v) is 5.62. The molecule has 4 rings (SSSR count). The van der Waals surface area contributed by atoms with Crippen LogP contribution in [0, 0.1) is 0 Å². The standard InChI is InChI=1S/C28H26N2O5/c1-34-25-15-8-5-12-21(25)18-22(20-10-3-2-4-11-20)28(33)35-19-26(31)29-23-13-6-7-14-24(23)30-17-9-16-27(30)32/h2-8,10-15,18H,9,16-17,19H2,1H3,(H,29,31). The van der Waals surface area contributed by atoms with Gasteiger partial charge in [0.1, 0.15) is 5.75 Å². The van der Waals surface area contributed by atoms with Crippen LogP contribution in [0.1, 0.15) is 24.0 Å². The first-order valence-electron chi connectivity index (χ1n) is 11.3. The third kappa shape index (κ3) is 5.76. The number of ether oxygens (including phenoxy) is 2. The Bertz CT molecular complexity index is 1250. The van der Waals surface area contributed by atoms with Crippen LogP contribution >= 0.6 is 0 Å². The molecule has 1 aliphatic heterocycles. The van der Waals surface area contributed by atoms with Crippen LogP contribution in [0.25, 0.3) is 11.6 Å². The van der Waals surface area contributed by atoms with Crippen LogP contribution in [0.3, 0.4) is 0 Å². The molecule has 0 aromatic heterocycles. The van der Waals surface area contributed by atoms with E-state index in [4.69, 9.17) is 9.47 Å². The number of para-hydroxylation sites is 3. The van der Waals surface area contributed by atoms with Crippen molar-refractivity contribution < 1.29 is 23.9 Å². The molecule has 0 unspecified atom stereocenters. The van der Waals surface area contributed by atoms with Crippen LogP contribution in [0.4, 0.5) is 11.4 Å². The molecule has 35 heavy (non-hydrogen) atoms. The average Bonchev–Trinajstić information content (AvgIpc) is 3.32. The highest BCUT2D eigenvalue weighted by Gasteiger charge is 2.24. The van der Waals surface area contributed by atoms with Gasteiger partial charge in [-0.15, -0.1) is 0 Å². The highest BCUT2D eigenvalue weighted by molar-refractivity contribution is 6.22. The predicted molar refractivity (Wildman–Crippen MR) is 135 cm³/mol. The maximum absolute atomic E-state index is 13.1. The number of carbonyl (C=O) groups is 3.